The number of ether oxygens (including phenoxy) is 1. The van der Waals surface area contributed by atoms with Crippen LogP contribution in [0, 0.1) is 11.8 Å². The normalized spacial score (nSPS) is 13.1. The van der Waals surface area contributed by atoms with E-state index in [2.05, 4.69) is 18.8 Å². The van der Waals surface area contributed by atoms with Crippen molar-refractivity contribution in [1.29, 1.82) is 0 Å². The van der Waals surface area contributed by atoms with Gasteiger partial charge in [-0.1, -0.05) is 68.9 Å². The molecule has 134 valence electrons. The van der Waals surface area contributed by atoms with Crippen LogP contribution in [0.2, 0.25) is 0 Å². The smallest absolute Gasteiger partial charge is 0.140 e. The Hall–Kier alpha value is -1.34. The first-order chi connectivity index (χ1) is 11.8. The molecule has 0 heterocycles. The summed E-state index contributed by atoms with van der Waals surface area (Å²) in [5.41, 5.74) is 1.10. The third-order valence-corrected chi connectivity index (χ3v) is 3.96. The zero-order chi connectivity index (χ0) is 17.5. The monoisotopic (exact) mass is 332 g/mol. The molecule has 1 rings (SSSR count). The summed E-state index contributed by atoms with van der Waals surface area (Å²) >= 11 is 0. The molecular weight excluding hydrogens is 300 g/mol. The fourth-order valence-electron chi connectivity index (χ4n) is 2.48. The van der Waals surface area contributed by atoms with Crippen molar-refractivity contribution in [2.45, 2.75) is 77.1 Å². The van der Waals surface area contributed by atoms with Crippen LogP contribution in [0.25, 0.3) is 0 Å². The lowest BCUT2D eigenvalue weighted by molar-refractivity contribution is -0.0287. The van der Waals surface area contributed by atoms with E-state index in [0.717, 1.165) is 44.1 Å². The maximum atomic E-state index is 10.4. The molecule has 2 atom stereocenters. The highest BCUT2D eigenvalue weighted by atomic mass is 16.5. The maximum absolute atomic E-state index is 10.4. The second kappa shape index (κ2) is 14.0. The van der Waals surface area contributed by atoms with Crippen LogP contribution in [0.15, 0.2) is 30.3 Å². The number of aliphatic hydroxyl groups is 2. The van der Waals surface area contributed by atoms with Crippen molar-refractivity contribution < 1.29 is 14.9 Å². The number of hydrogen-bond donors (Lipinski definition) is 2. The van der Waals surface area contributed by atoms with Crippen LogP contribution in [0.5, 0.6) is 0 Å². The molecule has 2 N–H and O–H groups in total. The van der Waals surface area contributed by atoms with Crippen LogP contribution in [-0.2, 0) is 11.3 Å². The van der Waals surface area contributed by atoms with Gasteiger partial charge in [0.2, 0.25) is 0 Å². The van der Waals surface area contributed by atoms with E-state index < -0.39 is 6.10 Å². The average molecular weight is 332 g/mol. The predicted molar refractivity (Wildman–Crippen MR) is 98.5 cm³/mol. The Morgan fingerprint density at radius 2 is 1.83 bits per heavy atom. The molecule has 0 spiro atoms. The lowest BCUT2D eigenvalue weighted by Gasteiger charge is -2.20. The Kier molecular flexibility index (Phi) is 12.1. The zero-order valence-corrected chi connectivity index (χ0v) is 14.9. The first-order valence-corrected chi connectivity index (χ1v) is 9.20. The molecule has 0 radical (unpaired) electrons. The number of unbranched alkanes of at least 4 members (excludes halogenated alkanes) is 5. The second-order valence-electron chi connectivity index (χ2n) is 6.13. The van der Waals surface area contributed by atoms with Gasteiger partial charge >= 0.3 is 0 Å². The first-order valence-electron chi connectivity index (χ1n) is 9.20. The molecule has 1 aromatic carbocycles. The number of aliphatic hydroxyl groups excluding tert-OH is 2. The average Bonchev–Trinajstić information content (AvgIpc) is 2.61. The molecule has 0 aliphatic carbocycles. The molecule has 2 unspecified atom stereocenters. The fraction of sp³-hybridized carbons (Fsp3) is 0.619. The topological polar surface area (TPSA) is 49.7 Å². The van der Waals surface area contributed by atoms with E-state index in [4.69, 9.17) is 9.84 Å². The minimum Gasteiger partial charge on any atom is -0.396 e. The van der Waals surface area contributed by atoms with Gasteiger partial charge in [-0.3, -0.25) is 0 Å². The number of rotatable bonds is 12. The van der Waals surface area contributed by atoms with Gasteiger partial charge in [-0.05, 0) is 24.8 Å². The Morgan fingerprint density at radius 3 is 2.54 bits per heavy atom. The van der Waals surface area contributed by atoms with Gasteiger partial charge < -0.3 is 14.9 Å². The maximum Gasteiger partial charge on any atom is 0.140 e. The highest BCUT2D eigenvalue weighted by Gasteiger charge is 2.17. The summed E-state index contributed by atoms with van der Waals surface area (Å²) in [6.45, 7) is 2.87. The Morgan fingerprint density at radius 1 is 1.04 bits per heavy atom. The van der Waals surface area contributed by atoms with Gasteiger partial charge in [-0.15, -0.1) is 5.92 Å². The van der Waals surface area contributed by atoms with Gasteiger partial charge in [0, 0.05) is 13.0 Å². The molecular formula is C21H32O3. The van der Waals surface area contributed by atoms with Gasteiger partial charge in [0.05, 0.1) is 12.7 Å². The fourth-order valence-corrected chi connectivity index (χ4v) is 2.48. The lowest BCUT2D eigenvalue weighted by Crippen LogP contribution is -2.27. The SMILES string of the molecule is CCCCCC#CC(O)C(CCCCCO)OCc1ccccc1. The van der Waals surface area contributed by atoms with Crippen LogP contribution in [0.1, 0.15) is 63.9 Å². The number of hydrogen-bond acceptors (Lipinski definition) is 3. The predicted octanol–water partition coefficient (Wildman–Crippen LogP) is 4.07. The molecule has 0 amide bonds. The van der Waals surface area contributed by atoms with Crippen molar-refractivity contribution in [3.05, 3.63) is 35.9 Å². The molecule has 3 heteroatoms. The van der Waals surface area contributed by atoms with Crippen molar-refractivity contribution in [3.63, 3.8) is 0 Å². The molecule has 0 aliphatic rings. The van der Waals surface area contributed by atoms with Crippen molar-refractivity contribution in [3.8, 4) is 11.8 Å². The van der Waals surface area contributed by atoms with Crippen molar-refractivity contribution in [1.82, 2.24) is 0 Å². The van der Waals surface area contributed by atoms with Crippen LogP contribution >= 0.6 is 0 Å². The van der Waals surface area contributed by atoms with E-state index in [0.29, 0.717) is 6.61 Å². The third kappa shape index (κ3) is 9.72. The number of benzene rings is 1. The molecule has 0 fully saturated rings. The van der Waals surface area contributed by atoms with E-state index in [1.807, 2.05) is 30.3 Å². The highest BCUT2D eigenvalue weighted by molar-refractivity contribution is 5.13. The summed E-state index contributed by atoms with van der Waals surface area (Å²) < 4.78 is 5.93. The Bertz CT molecular complexity index is 461. The molecule has 1 aromatic rings. The molecule has 0 saturated carbocycles. The van der Waals surface area contributed by atoms with E-state index in [1.165, 1.54) is 12.8 Å². The summed E-state index contributed by atoms with van der Waals surface area (Å²) in [6, 6.07) is 9.99. The minimum absolute atomic E-state index is 0.218. The van der Waals surface area contributed by atoms with Gasteiger partial charge in [0.15, 0.2) is 0 Å². The molecule has 24 heavy (non-hydrogen) atoms. The molecule has 0 aromatic heterocycles. The van der Waals surface area contributed by atoms with Crippen LogP contribution in [0.3, 0.4) is 0 Å². The first kappa shape index (κ1) is 20.7. The minimum atomic E-state index is -0.746. The van der Waals surface area contributed by atoms with Crippen molar-refractivity contribution in [2.24, 2.45) is 0 Å². The van der Waals surface area contributed by atoms with Crippen LogP contribution < -0.4 is 0 Å². The van der Waals surface area contributed by atoms with E-state index in [9.17, 15) is 5.11 Å². The van der Waals surface area contributed by atoms with E-state index in [-0.39, 0.29) is 12.7 Å². The van der Waals surface area contributed by atoms with Gasteiger partial charge in [0.1, 0.15) is 6.10 Å². The van der Waals surface area contributed by atoms with Gasteiger partial charge in [0.25, 0.3) is 0 Å². The zero-order valence-electron chi connectivity index (χ0n) is 14.9. The lowest BCUT2D eigenvalue weighted by atomic mass is 10.1. The molecule has 0 saturated heterocycles. The highest BCUT2D eigenvalue weighted by Crippen LogP contribution is 2.13. The van der Waals surface area contributed by atoms with Crippen molar-refractivity contribution in [2.75, 3.05) is 6.61 Å². The summed E-state index contributed by atoms with van der Waals surface area (Å²) in [5, 5.41) is 19.2. The Labute approximate surface area is 147 Å². The van der Waals surface area contributed by atoms with Crippen LogP contribution in [0.4, 0.5) is 0 Å². The van der Waals surface area contributed by atoms with Crippen molar-refractivity contribution >= 4 is 0 Å². The van der Waals surface area contributed by atoms with Gasteiger partial charge in [-0.25, -0.2) is 0 Å². The summed E-state index contributed by atoms with van der Waals surface area (Å²) in [5.74, 6) is 6.03. The quantitative estimate of drug-likeness (QED) is 0.448. The molecule has 0 aliphatic heterocycles. The summed E-state index contributed by atoms with van der Waals surface area (Å²) in [7, 11) is 0. The van der Waals surface area contributed by atoms with E-state index >= 15 is 0 Å². The molecule has 3 nitrogen and oxygen atoms in total. The third-order valence-electron chi connectivity index (χ3n) is 3.96. The standard InChI is InChI=1S/C21H32O3/c1-2-3-4-5-10-15-20(23)21(16-11-7-12-17-22)24-18-19-13-8-6-9-14-19/h6,8-9,13-14,20-23H,2-5,7,11-12,16-18H2,1H3. The van der Waals surface area contributed by atoms with Gasteiger partial charge in [-0.2, -0.15) is 0 Å². The largest absolute Gasteiger partial charge is 0.396 e. The summed E-state index contributed by atoms with van der Waals surface area (Å²) in [4.78, 5) is 0. The van der Waals surface area contributed by atoms with E-state index in [1.54, 1.807) is 0 Å². The second-order valence-corrected chi connectivity index (χ2v) is 6.13. The molecule has 0 bridgehead atoms. The Balaban J connectivity index is 2.48. The van der Waals surface area contributed by atoms with Crippen LogP contribution in [-0.4, -0.2) is 29.0 Å². The summed E-state index contributed by atoms with van der Waals surface area (Å²) in [6.07, 6.45) is 6.68.